The lowest BCUT2D eigenvalue weighted by molar-refractivity contribution is -0.386. The van der Waals surface area contributed by atoms with E-state index >= 15 is 0 Å². The average molecular weight is 206 g/mol. The normalized spacial score (nSPS) is 8.87. The molecule has 0 fully saturated rings. The van der Waals surface area contributed by atoms with Gasteiger partial charge >= 0.3 is 11.2 Å². The maximum Gasteiger partial charge on any atom is 0.337 e. The molecule has 0 aliphatic carbocycles. The van der Waals surface area contributed by atoms with Crippen molar-refractivity contribution in [2.24, 2.45) is 0 Å². The van der Waals surface area contributed by atoms with Crippen molar-refractivity contribution >= 4 is 12.0 Å². The average Bonchev–Trinajstić information content (AvgIpc) is 2.16. The van der Waals surface area contributed by atoms with Crippen molar-refractivity contribution in [3.05, 3.63) is 37.8 Å². The highest BCUT2D eigenvalue weighted by Crippen LogP contribution is 2.14. The van der Waals surface area contributed by atoms with Gasteiger partial charge in [-0.3, -0.25) is 19.7 Å². The first-order valence-corrected chi connectivity index (χ1v) is 3.89. The smallest absolute Gasteiger partial charge is 0.322 e. The standard InChI is InChI=1S/C9H6N2O4/c1-6-7(3-2-4-12)5-10-9(13)8(6)11(14)15/h4-5H,1H3,(H,10,13). The zero-order valence-electron chi connectivity index (χ0n) is 7.73. The van der Waals surface area contributed by atoms with Crippen LogP contribution in [0, 0.1) is 28.9 Å². The van der Waals surface area contributed by atoms with Crippen LogP contribution in [-0.2, 0) is 4.79 Å². The fraction of sp³-hybridized carbons (Fsp3) is 0.111. The first-order valence-electron chi connectivity index (χ1n) is 3.89. The van der Waals surface area contributed by atoms with Gasteiger partial charge < -0.3 is 4.98 Å². The summed E-state index contributed by atoms with van der Waals surface area (Å²) in [5.41, 5.74) is -0.923. The number of nitrogens with one attached hydrogen (secondary N) is 1. The largest absolute Gasteiger partial charge is 0.337 e. The number of aromatic amines is 1. The molecule has 0 aliphatic rings. The van der Waals surface area contributed by atoms with Crippen LogP contribution in [0.3, 0.4) is 0 Å². The van der Waals surface area contributed by atoms with Gasteiger partial charge in [0, 0.05) is 11.8 Å². The Morgan fingerprint density at radius 3 is 2.80 bits per heavy atom. The van der Waals surface area contributed by atoms with Crippen LogP contribution in [-0.4, -0.2) is 16.2 Å². The molecule has 6 nitrogen and oxygen atoms in total. The molecule has 0 radical (unpaired) electrons. The van der Waals surface area contributed by atoms with E-state index in [4.69, 9.17) is 0 Å². The fourth-order valence-electron chi connectivity index (χ4n) is 1.07. The summed E-state index contributed by atoms with van der Waals surface area (Å²) in [4.78, 5) is 33.0. The number of pyridine rings is 1. The van der Waals surface area contributed by atoms with Crippen LogP contribution in [0.4, 0.5) is 5.69 Å². The minimum atomic E-state index is -0.783. The molecule has 0 saturated heterocycles. The van der Waals surface area contributed by atoms with Crippen LogP contribution < -0.4 is 5.56 Å². The van der Waals surface area contributed by atoms with Gasteiger partial charge in [-0.25, -0.2) is 0 Å². The van der Waals surface area contributed by atoms with E-state index in [2.05, 4.69) is 16.8 Å². The molecule has 1 N–H and O–H groups in total. The summed E-state index contributed by atoms with van der Waals surface area (Å²) in [7, 11) is 0. The first-order chi connectivity index (χ1) is 7.07. The van der Waals surface area contributed by atoms with E-state index in [-0.39, 0.29) is 11.1 Å². The third-order valence-electron chi connectivity index (χ3n) is 1.77. The summed E-state index contributed by atoms with van der Waals surface area (Å²) in [5, 5.41) is 10.5. The predicted molar refractivity (Wildman–Crippen MR) is 51.4 cm³/mol. The second kappa shape index (κ2) is 4.19. The second-order valence-electron chi connectivity index (χ2n) is 2.65. The van der Waals surface area contributed by atoms with E-state index in [0.29, 0.717) is 6.29 Å². The molecular weight excluding hydrogens is 200 g/mol. The second-order valence-corrected chi connectivity index (χ2v) is 2.65. The molecule has 1 rings (SSSR count). The minimum Gasteiger partial charge on any atom is -0.322 e. The van der Waals surface area contributed by atoms with Crippen LogP contribution in [0.5, 0.6) is 0 Å². The van der Waals surface area contributed by atoms with Crippen molar-refractivity contribution in [1.29, 1.82) is 0 Å². The van der Waals surface area contributed by atoms with Crippen molar-refractivity contribution in [3.63, 3.8) is 0 Å². The van der Waals surface area contributed by atoms with Gasteiger partial charge in [-0.1, -0.05) is 5.92 Å². The van der Waals surface area contributed by atoms with Crippen molar-refractivity contribution < 1.29 is 9.72 Å². The highest BCUT2D eigenvalue weighted by molar-refractivity contribution is 5.74. The Labute approximate surface area is 84.1 Å². The Hall–Kier alpha value is -2.42. The Bertz CT molecular complexity index is 533. The summed E-state index contributed by atoms with van der Waals surface area (Å²) in [6.45, 7) is 1.40. The number of rotatable bonds is 1. The number of nitrogens with zero attached hydrogens (tertiary/aromatic N) is 1. The van der Waals surface area contributed by atoms with Crippen LogP contribution in [0.25, 0.3) is 0 Å². The van der Waals surface area contributed by atoms with Crippen molar-refractivity contribution in [3.8, 4) is 11.8 Å². The Balaban J connectivity index is 3.48. The summed E-state index contributed by atoms with van der Waals surface area (Å²) in [5.74, 6) is 4.51. The lowest BCUT2D eigenvalue weighted by Crippen LogP contribution is -2.13. The molecule has 0 saturated carbocycles. The molecule has 0 amide bonds. The molecule has 0 aromatic carbocycles. The molecule has 0 aliphatic heterocycles. The lowest BCUT2D eigenvalue weighted by Gasteiger charge is -1.97. The molecule has 1 aromatic heterocycles. The van der Waals surface area contributed by atoms with Crippen molar-refractivity contribution in [2.45, 2.75) is 6.92 Å². The summed E-state index contributed by atoms with van der Waals surface area (Å²) in [6, 6.07) is 0. The number of carbonyl (C=O) groups excluding carboxylic acids is 1. The third kappa shape index (κ3) is 2.08. The molecular formula is C9H6N2O4. The maximum atomic E-state index is 11.1. The summed E-state index contributed by atoms with van der Waals surface area (Å²) in [6.07, 6.45) is 1.61. The van der Waals surface area contributed by atoms with Gasteiger partial charge in [0.15, 0.2) is 6.29 Å². The van der Waals surface area contributed by atoms with Crippen LogP contribution in [0.2, 0.25) is 0 Å². The lowest BCUT2D eigenvalue weighted by atomic mass is 10.1. The van der Waals surface area contributed by atoms with Crippen LogP contribution >= 0.6 is 0 Å². The monoisotopic (exact) mass is 206 g/mol. The number of H-pyrrole nitrogens is 1. The number of aromatic nitrogens is 1. The van der Waals surface area contributed by atoms with Gasteiger partial charge in [0.25, 0.3) is 0 Å². The Morgan fingerprint density at radius 2 is 2.27 bits per heavy atom. The van der Waals surface area contributed by atoms with Gasteiger partial charge in [0.05, 0.1) is 10.5 Å². The molecule has 0 bridgehead atoms. The molecule has 0 spiro atoms. The first kappa shape index (κ1) is 10.7. The van der Waals surface area contributed by atoms with E-state index in [1.54, 1.807) is 0 Å². The number of nitro groups is 1. The van der Waals surface area contributed by atoms with E-state index in [1.165, 1.54) is 13.1 Å². The molecule has 0 unspecified atom stereocenters. The van der Waals surface area contributed by atoms with E-state index in [9.17, 15) is 19.7 Å². The van der Waals surface area contributed by atoms with Crippen molar-refractivity contribution in [2.75, 3.05) is 0 Å². The predicted octanol–water partition coefficient (Wildman–Crippen LogP) is 0.142. The van der Waals surface area contributed by atoms with Gasteiger partial charge in [-0.2, -0.15) is 0 Å². The minimum absolute atomic E-state index is 0.151. The molecule has 0 atom stereocenters. The van der Waals surface area contributed by atoms with Gasteiger partial charge in [-0.05, 0) is 12.8 Å². The maximum absolute atomic E-state index is 11.1. The highest BCUT2D eigenvalue weighted by Gasteiger charge is 2.18. The summed E-state index contributed by atoms with van der Waals surface area (Å²) >= 11 is 0. The quantitative estimate of drug-likeness (QED) is 0.306. The molecule has 6 heteroatoms. The molecule has 76 valence electrons. The number of carbonyl (C=O) groups is 1. The third-order valence-corrected chi connectivity index (χ3v) is 1.77. The highest BCUT2D eigenvalue weighted by atomic mass is 16.6. The van der Waals surface area contributed by atoms with Crippen molar-refractivity contribution in [1.82, 2.24) is 4.98 Å². The zero-order valence-corrected chi connectivity index (χ0v) is 7.73. The van der Waals surface area contributed by atoms with Gasteiger partial charge in [0.2, 0.25) is 0 Å². The van der Waals surface area contributed by atoms with E-state index in [0.717, 1.165) is 0 Å². The molecule has 15 heavy (non-hydrogen) atoms. The van der Waals surface area contributed by atoms with E-state index < -0.39 is 16.2 Å². The zero-order chi connectivity index (χ0) is 11.4. The number of hydrogen-bond acceptors (Lipinski definition) is 4. The fourth-order valence-corrected chi connectivity index (χ4v) is 1.07. The molecule has 1 heterocycles. The van der Waals surface area contributed by atoms with Crippen LogP contribution in [0.15, 0.2) is 11.0 Å². The number of aldehydes is 1. The molecule has 1 aromatic rings. The topological polar surface area (TPSA) is 93.1 Å². The number of hydrogen-bond donors (Lipinski definition) is 1. The van der Waals surface area contributed by atoms with E-state index in [1.807, 2.05) is 0 Å². The SMILES string of the molecule is Cc1c(C#CC=O)c[nH]c(=O)c1[N+](=O)[O-]. The van der Waals surface area contributed by atoms with Gasteiger partial charge in [-0.15, -0.1) is 0 Å². The Kier molecular flexibility index (Phi) is 2.98. The van der Waals surface area contributed by atoms with Gasteiger partial charge in [0.1, 0.15) is 0 Å². The Morgan fingerprint density at radius 1 is 1.60 bits per heavy atom. The summed E-state index contributed by atoms with van der Waals surface area (Å²) < 4.78 is 0. The van der Waals surface area contributed by atoms with Crippen LogP contribution in [0.1, 0.15) is 11.1 Å².